The van der Waals surface area contributed by atoms with E-state index in [1.807, 2.05) is 30.3 Å². The predicted octanol–water partition coefficient (Wildman–Crippen LogP) is 4.73. The number of hydrogen-bond donors (Lipinski definition) is 1. The molecule has 0 bridgehead atoms. The van der Waals surface area contributed by atoms with E-state index in [4.69, 9.17) is 9.47 Å². The molecule has 0 unspecified atom stereocenters. The Labute approximate surface area is 150 Å². The molecule has 1 aromatic heterocycles. The molecule has 6 heteroatoms. The zero-order valence-electron chi connectivity index (χ0n) is 13.9. The van der Waals surface area contributed by atoms with Gasteiger partial charge in [-0.05, 0) is 50.2 Å². The third-order valence-electron chi connectivity index (χ3n) is 3.38. The van der Waals surface area contributed by atoms with Crippen LogP contribution in [0.2, 0.25) is 0 Å². The van der Waals surface area contributed by atoms with Gasteiger partial charge in [0, 0.05) is 11.6 Å². The standard InChI is InChI=1S/C19H18N2O3S/c1-19(2,17(22)21-18-20-12-13-25-18)24-16-10-8-15(9-11-16)23-14-6-4-3-5-7-14/h3-13H,1-2H3,(H,20,21,22). The smallest absolute Gasteiger partial charge is 0.269 e. The zero-order valence-corrected chi connectivity index (χ0v) is 14.7. The molecule has 0 fully saturated rings. The first-order valence-electron chi connectivity index (χ1n) is 7.76. The Hall–Kier alpha value is -2.86. The monoisotopic (exact) mass is 354 g/mol. The zero-order chi connectivity index (χ0) is 17.7. The van der Waals surface area contributed by atoms with Crippen molar-refractivity contribution >= 4 is 22.4 Å². The maximum atomic E-state index is 12.4. The second kappa shape index (κ2) is 7.36. The molecule has 0 atom stereocenters. The molecular weight excluding hydrogens is 336 g/mol. The van der Waals surface area contributed by atoms with Crippen molar-refractivity contribution < 1.29 is 14.3 Å². The number of aromatic nitrogens is 1. The molecule has 0 aliphatic carbocycles. The molecule has 25 heavy (non-hydrogen) atoms. The number of ether oxygens (including phenoxy) is 2. The van der Waals surface area contributed by atoms with E-state index in [1.165, 1.54) is 11.3 Å². The quantitative estimate of drug-likeness (QED) is 0.695. The van der Waals surface area contributed by atoms with Crippen LogP contribution in [0.3, 0.4) is 0 Å². The number of carbonyl (C=O) groups excluding carboxylic acids is 1. The Bertz CT molecular complexity index is 816. The summed E-state index contributed by atoms with van der Waals surface area (Å²) < 4.78 is 11.6. The first kappa shape index (κ1) is 17.0. The van der Waals surface area contributed by atoms with Crippen LogP contribution in [-0.4, -0.2) is 16.5 Å². The molecule has 0 saturated carbocycles. The van der Waals surface area contributed by atoms with E-state index in [-0.39, 0.29) is 5.91 Å². The fraction of sp³-hybridized carbons (Fsp3) is 0.158. The summed E-state index contributed by atoms with van der Waals surface area (Å²) in [6.45, 7) is 3.43. The van der Waals surface area contributed by atoms with Gasteiger partial charge in [-0.25, -0.2) is 4.98 Å². The molecule has 0 spiro atoms. The summed E-state index contributed by atoms with van der Waals surface area (Å²) in [7, 11) is 0. The number of nitrogens with zero attached hydrogens (tertiary/aromatic N) is 1. The highest BCUT2D eigenvalue weighted by Gasteiger charge is 2.30. The number of thiazole rings is 1. The van der Waals surface area contributed by atoms with Gasteiger partial charge in [0.15, 0.2) is 10.7 Å². The lowest BCUT2D eigenvalue weighted by Crippen LogP contribution is -2.42. The van der Waals surface area contributed by atoms with E-state index in [2.05, 4.69) is 10.3 Å². The van der Waals surface area contributed by atoms with Crippen molar-refractivity contribution in [3.63, 3.8) is 0 Å². The second-order valence-corrected chi connectivity index (χ2v) is 6.68. The Morgan fingerprint density at radius 1 is 1.00 bits per heavy atom. The van der Waals surface area contributed by atoms with Crippen molar-refractivity contribution in [2.45, 2.75) is 19.4 Å². The molecule has 0 saturated heterocycles. The molecule has 1 amide bonds. The summed E-state index contributed by atoms with van der Waals surface area (Å²) in [4.78, 5) is 16.4. The van der Waals surface area contributed by atoms with Crippen molar-refractivity contribution in [1.29, 1.82) is 0 Å². The molecule has 3 rings (SSSR count). The molecule has 5 nitrogen and oxygen atoms in total. The summed E-state index contributed by atoms with van der Waals surface area (Å²) in [6, 6.07) is 16.7. The average Bonchev–Trinajstić information content (AvgIpc) is 3.10. The highest BCUT2D eigenvalue weighted by atomic mass is 32.1. The van der Waals surface area contributed by atoms with Gasteiger partial charge in [0.1, 0.15) is 17.2 Å². The van der Waals surface area contributed by atoms with Gasteiger partial charge in [-0.3, -0.25) is 10.1 Å². The van der Waals surface area contributed by atoms with Gasteiger partial charge >= 0.3 is 0 Å². The predicted molar refractivity (Wildman–Crippen MR) is 98.4 cm³/mol. The second-order valence-electron chi connectivity index (χ2n) is 5.79. The number of amides is 1. The maximum absolute atomic E-state index is 12.4. The van der Waals surface area contributed by atoms with Crippen LogP contribution in [0.1, 0.15) is 13.8 Å². The molecule has 0 radical (unpaired) electrons. The number of hydrogen-bond acceptors (Lipinski definition) is 5. The largest absolute Gasteiger partial charge is 0.478 e. The number of rotatable bonds is 6. The van der Waals surface area contributed by atoms with E-state index in [1.54, 1.807) is 49.7 Å². The van der Waals surface area contributed by atoms with Crippen LogP contribution in [0.25, 0.3) is 0 Å². The summed E-state index contributed by atoms with van der Waals surface area (Å²) in [6.07, 6.45) is 1.64. The van der Waals surface area contributed by atoms with Crippen LogP contribution < -0.4 is 14.8 Å². The molecular formula is C19H18N2O3S. The summed E-state index contributed by atoms with van der Waals surface area (Å²) >= 11 is 1.36. The Morgan fingerprint density at radius 3 is 2.28 bits per heavy atom. The van der Waals surface area contributed by atoms with Gasteiger partial charge < -0.3 is 9.47 Å². The van der Waals surface area contributed by atoms with Crippen molar-refractivity contribution in [1.82, 2.24) is 4.98 Å². The Balaban J connectivity index is 1.62. The van der Waals surface area contributed by atoms with Crippen molar-refractivity contribution in [3.8, 4) is 17.2 Å². The highest BCUT2D eigenvalue weighted by molar-refractivity contribution is 7.13. The molecule has 0 aliphatic rings. The molecule has 0 aliphatic heterocycles. The van der Waals surface area contributed by atoms with E-state index in [9.17, 15) is 4.79 Å². The minimum absolute atomic E-state index is 0.257. The van der Waals surface area contributed by atoms with E-state index < -0.39 is 5.60 Å². The normalized spacial score (nSPS) is 11.0. The minimum atomic E-state index is -1.03. The lowest BCUT2D eigenvalue weighted by molar-refractivity contribution is -0.128. The van der Waals surface area contributed by atoms with Gasteiger partial charge in [0.05, 0.1) is 0 Å². The fourth-order valence-corrected chi connectivity index (χ4v) is 2.60. The lowest BCUT2D eigenvalue weighted by atomic mass is 10.1. The molecule has 1 heterocycles. The molecule has 128 valence electrons. The molecule has 3 aromatic rings. The first-order valence-corrected chi connectivity index (χ1v) is 8.64. The van der Waals surface area contributed by atoms with E-state index >= 15 is 0 Å². The first-order chi connectivity index (χ1) is 12.0. The number of nitrogens with one attached hydrogen (secondary N) is 1. The van der Waals surface area contributed by atoms with E-state index in [0.29, 0.717) is 16.6 Å². The van der Waals surface area contributed by atoms with Crippen LogP contribution in [0.15, 0.2) is 66.2 Å². The maximum Gasteiger partial charge on any atom is 0.269 e. The van der Waals surface area contributed by atoms with Gasteiger partial charge in [0.25, 0.3) is 5.91 Å². The van der Waals surface area contributed by atoms with Gasteiger partial charge in [-0.15, -0.1) is 11.3 Å². The summed E-state index contributed by atoms with van der Waals surface area (Å²) in [5.41, 5.74) is -1.03. The Kier molecular flexibility index (Phi) is 5.00. The number of para-hydroxylation sites is 1. The SMILES string of the molecule is CC(C)(Oc1ccc(Oc2ccccc2)cc1)C(=O)Nc1nccs1. The van der Waals surface area contributed by atoms with Crippen molar-refractivity contribution in [2.24, 2.45) is 0 Å². The van der Waals surface area contributed by atoms with Crippen molar-refractivity contribution in [3.05, 3.63) is 66.2 Å². The topological polar surface area (TPSA) is 60.5 Å². The average molecular weight is 354 g/mol. The van der Waals surface area contributed by atoms with Gasteiger partial charge in [-0.2, -0.15) is 0 Å². The fourth-order valence-electron chi connectivity index (χ4n) is 2.07. The number of carbonyl (C=O) groups is 1. The van der Waals surface area contributed by atoms with Gasteiger partial charge in [-0.1, -0.05) is 18.2 Å². The lowest BCUT2D eigenvalue weighted by Gasteiger charge is -2.24. The van der Waals surface area contributed by atoms with Crippen LogP contribution in [0.4, 0.5) is 5.13 Å². The van der Waals surface area contributed by atoms with Crippen molar-refractivity contribution in [2.75, 3.05) is 5.32 Å². The third kappa shape index (κ3) is 4.58. The summed E-state index contributed by atoms with van der Waals surface area (Å²) in [5.74, 6) is 1.79. The van der Waals surface area contributed by atoms with Crippen LogP contribution in [0, 0.1) is 0 Å². The van der Waals surface area contributed by atoms with Crippen LogP contribution >= 0.6 is 11.3 Å². The Morgan fingerprint density at radius 2 is 1.64 bits per heavy atom. The van der Waals surface area contributed by atoms with Gasteiger partial charge in [0.2, 0.25) is 0 Å². The number of benzene rings is 2. The van der Waals surface area contributed by atoms with Crippen LogP contribution in [0.5, 0.6) is 17.2 Å². The van der Waals surface area contributed by atoms with Crippen LogP contribution in [-0.2, 0) is 4.79 Å². The number of anilines is 1. The van der Waals surface area contributed by atoms with E-state index in [0.717, 1.165) is 5.75 Å². The molecule has 2 aromatic carbocycles. The third-order valence-corrected chi connectivity index (χ3v) is 4.06. The molecule has 1 N–H and O–H groups in total. The minimum Gasteiger partial charge on any atom is -0.478 e. The highest BCUT2D eigenvalue weighted by Crippen LogP contribution is 2.26. The summed E-state index contributed by atoms with van der Waals surface area (Å²) in [5, 5.41) is 5.10.